The van der Waals surface area contributed by atoms with E-state index in [0.29, 0.717) is 0 Å². The molecule has 0 aliphatic rings. The van der Waals surface area contributed by atoms with E-state index in [1.807, 2.05) is 22.7 Å². The molecular formula is C58H35NOS2. The summed E-state index contributed by atoms with van der Waals surface area (Å²) in [5.41, 5.74) is 9.94. The van der Waals surface area contributed by atoms with Gasteiger partial charge >= 0.3 is 0 Å². The van der Waals surface area contributed by atoms with Gasteiger partial charge in [-0.1, -0.05) is 158 Å². The van der Waals surface area contributed by atoms with Crippen molar-refractivity contribution in [1.82, 2.24) is 0 Å². The molecule has 0 N–H and O–H groups in total. The van der Waals surface area contributed by atoms with Gasteiger partial charge in [0.2, 0.25) is 0 Å². The van der Waals surface area contributed by atoms with Gasteiger partial charge in [0.25, 0.3) is 0 Å². The standard InChI is InChI=1S/C58H35NOS2/c1-3-13-37(14-4-1)55-56-50-33-39(25-30-44(50)43-17-7-8-20-49(43)58(56)60-57(55)38-15-5-2-6-16-38)36-23-26-40(27-24-36)59(41-28-31-47-45-18-9-11-21-51(45)61-53(47)34-41)42-29-32-48-46-19-10-12-22-52(46)62-54(48)35-42/h1-35H. The highest BCUT2D eigenvalue weighted by Gasteiger charge is 2.23. The van der Waals surface area contributed by atoms with Gasteiger partial charge in [-0.15, -0.1) is 22.7 Å². The number of benzene rings is 10. The number of anilines is 3. The van der Waals surface area contributed by atoms with E-state index in [0.717, 1.165) is 67.0 Å². The van der Waals surface area contributed by atoms with Crippen LogP contribution in [0.5, 0.6) is 0 Å². The van der Waals surface area contributed by atoms with Crippen LogP contribution in [0.4, 0.5) is 17.1 Å². The normalized spacial score (nSPS) is 11.9. The van der Waals surface area contributed by atoms with Crippen molar-refractivity contribution in [3.8, 4) is 33.6 Å². The number of nitrogens with zero attached hydrogens (tertiary/aromatic N) is 1. The highest BCUT2D eigenvalue weighted by atomic mass is 32.1. The van der Waals surface area contributed by atoms with Crippen LogP contribution >= 0.6 is 22.7 Å². The molecule has 0 aliphatic carbocycles. The summed E-state index contributed by atoms with van der Waals surface area (Å²) < 4.78 is 12.2. The third-order valence-electron chi connectivity index (χ3n) is 12.5. The molecule has 2 nitrogen and oxygen atoms in total. The third-order valence-corrected chi connectivity index (χ3v) is 14.7. The van der Waals surface area contributed by atoms with Crippen molar-refractivity contribution in [3.63, 3.8) is 0 Å². The van der Waals surface area contributed by atoms with E-state index in [2.05, 4.69) is 217 Å². The lowest BCUT2D eigenvalue weighted by atomic mass is 9.90. The summed E-state index contributed by atoms with van der Waals surface area (Å²) in [7, 11) is 0. The maximum atomic E-state index is 7.02. The van der Waals surface area contributed by atoms with Crippen molar-refractivity contribution < 1.29 is 4.42 Å². The minimum absolute atomic E-state index is 0.891. The third kappa shape index (κ3) is 5.54. The number of hydrogen-bond donors (Lipinski definition) is 0. The Morgan fingerprint density at radius 3 is 1.40 bits per heavy atom. The van der Waals surface area contributed by atoms with Crippen molar-refractivity contribution in [1.29, 1.82) is 0 Å². The predicted molar refractivity (Wildman–Crippen MR) is 268 cm³/mol. The van der Waals surface area contributed by atoms with Gasteiger partial charge in [0, 0.05) is 79.3 Å². The molecule has 0 saturated carbocycles. The number of furan rings is 1. The second kappa shape index (κ2) is 14.0. The molecule has 0 aliphatic heterocycles. The minimum Gasteiger partial charge on any atom is -0.455 e. The molecule has 13 aromatic rings. The molecule has 0 bridgehead atoms. The topological polar surface area (TPSA) is 16.4 Å². The first kappa shape index (κ1) is 35.3. The average Bonchev–Trinajstić information content (AvgIpc) is 4.04. The average molecular weight is 826 g/mol. The van der Waals surface area contributed by atoms with Crippen LogP contribution in [0.2, 0.25) is 0 Å². The van der Waals surface area contributed by atoms with Crippen LogP contribution in [-0.4, -0.2) is 0 Å². The van der Waals surface area contributed by atoms with Gasteiger partial charge in [-0.05, 0) is 87.4 Å². The quantitative estimate of drug-likeness (QED) is 0.155. The van der Waals surface area contributed by atoms with Crippen molar-refractivity contribution in [2.24, 2.45) is 0 Å². The molecule has 4 heteroatoms. The second-order valence-corrected chi connectivity index (χ2v) is 18.2. The Bertz CT molecular complexity index is 3750. The second-order valence-electron chi connectivity index (χ2n) is 16.0. The molecule has 0 fully saturated rings. The lowest BCUT2D eigenvalue weighted by molar-refractivity contribution is 0.636. The van der Waals surface area contributed by atoms with E-state index in [1.165, 1.54) is 56.5 Å². The molecule has 0 atom stereocenters. The molecule has 0 radical (unpaired) electrons. The Morgan fingerprint density at radius 1 is 0.306 bits per heavy atom. The number of rotatable bonds is 6. The van der Waals surface area contributed by atoms with Crippen LogP contribution in [0.1, 0.15) is 0 Å². The van der Waals surface area contributed by atoms with Crippen LogP contribution < -0.4 is 4.90 Å². The van der Waals surface area contributed by atoms with Crippen molar-refractivity contribution in [2.45, 2.75) is 0 Å². The molecule has 0 spiro atoms. The zero-order valence-electron chi connectivity index (χ0n) is 33.4. The predicted octanol–water partition coefficient (Wildman–Crippen LogP) is 17.9. The Hall–Kier alpha value is -7.50. The Labute approximate surface area is 365 Å². The molecule has 0 unspecified atom stereocenters. The van der Waals surface area contributed by atoms with Crippen LogP contribution in [-0.2, 0) is 0 Å². The van der Waals surface area contributed by atoms with Crippen molar-refractivity contribution >= 4 is 113 Å². The van der Waals surface area contributed by atoms with Gasteiger partial charge in [0.05, 0.1) is 0 Å². The first-order valence-corrected chi connectivity index (χ1v) is 22.6. The van der Waals surface area contributed by atoms with Crippen LogP contribution in [0, 0.1) is 0 Å². The summed E-state index contributed by atoms with van der Waals surface area (Å²) in [5, 5.41) is 11.1. The van der Waals surface area contributed by atoms with Gasteiger partial charge in [-0.3, -0.25) is 0 Å². The summed E-state index contributed by atoms with van der Waals surface area (Å²) in [6.45, 7) is 0. The van der Waals surface area contributed by atoms with E-state index in [1.54, 1.807) is 0 Å². The molecule has 0 amide bonds. The summed E-state index contributed by atoms with van der Waals surface area (Å²) in [6.07, 6.45) is 0. The molecule has 10 aromatic carbocycles. The van der Waals surface area contributed by atoms with Gasteiger partial charge in [-0.25, -0.2) is 0 Å². The maximum absolute atomic E-state index is 7.02. The lowest BCUT2D eigenvalue weighted by Crippen LogP contribution is -2.09. The van der Waals surface area contributed by atoms with Crippen LogP contribution in [0.25, 0.3) is 106 Å². The largest absolute Gasteiger partial charge is 0.455 e. The highest BCUT2D eigenvalue weighted by molar-refractivity contribution is 7.26. The van der Waals surface area contributed by atoms with E-state index in [4.69, 9.17) is 4.42 Å². The summed E-state index contributed by atoms with van der Waals surface area (Å²) >= 11 is 3.72. The van der Waals surface area contributed by atoms with Gasteiger partial charge in [0.1, 0.15) is 11.3 Å². The fraction of sp³-hybridized carbons (Fsp3) is 0. The molecular weight excluding hydrogens is 791 g/mol. The lowest BCUT2D eigenvalue weighted by Gasteiger charge is -2.26. The summed E-state index contributed by atoms with van der Waals surface area (Å²) in [6, 6.07) is 77.3. The monoisotopic (exact) mass is 825 g/mol. The SMILES string of the molecule is c1ccc(-c2oc3c4ccccc4c4ccc(-c5ccc(N(c6ccc7c(c6)sc6ccccc67)c6ccc7c(c6)sc6ccccc67)cc5)cc4c3c2-c2ccccc2)cc1. The Balaban J connectivity index is 0.986. The summed E-state index contributed by atoms with van der Waals surface area (Å²) in [5.74, 6) is 0.891. The van der Waals surface area contributed by atoms with Gasteiger partial charge < -0.3 is 9.32 Å². The van der Waals surface area contributed by atoms with Crippen molar-refractivity contribution in [3.05, 3.63) is 212 Å². The van der Waals surface area contributed by atoms with Gasteiger partial charge in [0.15, 0.2) is 0 Å². The fourth-order valence-electron chi connectivity index (χ4n) is 9.59. The molecule has 3 aromatic heterocycles. The van der Waals surface area contributed by atoms with Crippen LogP contribution in [0.15, 0.2) is 217 Å². The first-order chi connectivity index (χ1) is 30.7. The Kier molecular flexibility index (Phi) is 7.99. The van der Waals surface area contributed by atoms with E-state index >= 15 is 0 Å². The molecule has 0 saturated heterocycles. The molecule has 13 rings (SSSR count). The first-order valence-electron chi connectivity index (χ1n) is 21.0. The van der Waals surface area contributed by atoms with Gasteiger partial charge in [-0.2, -0.15) is 0 Å². The van der Waals surface area contributed by atoms with E-state index < -0.39 is 0 Å². The highest BCUT2D eigenvalue weighted by Crippen LogP contribution is 2.49. The van der Waals surface area contributed by atoms with E-state index in [-0.39, 0.29) is 0 Å². The zero-order chi connectivity index (χ0) is 40.7. The number of fused-ring (bicyclic) bond motifs is 12. The molecule has 62 heavy (non-hydrogen) atoms. The smallest absolute Gasteiger partial charge is 0.143 e. The zero-order valence-corrected chi connectivity index (χ0v) is 35.0. The fourth-order valence-corrected chi connectivity index (χ4v) is 11.9. The number of hydrogen-bond acceptors (Lipinski definition) is 4. The Morgan fingerprint density at radius 2 is 0.774 bits per heavy atom. The molecule has 3 heterocycles. The number of thiophene rings is 2. The minimum atomic E-state index is 0.891. The summed E-state index contributed by atoms with van der Waals surface area (Å²) in [4.78, 5) is 2.41. The van der Waals surface area contributed by atoms with Crippen LogP contribution in [0.3, 0.4) is 0 Å². The maximum Gasteiger partial charge on any atom is 0.143 e. The van der Waals surface area contributed by atoms with Crippen molar-refractivity contribution in [2.75, 3.05) is 4.90 Å². The van der Waals surface area contributed by atoms with E-state index in [9.17, 15) is 0 Å². The molecule has 290 valence electrons.